The number of benzene rings is 2. The van der Waals surface area contributed by atoms with Gasteiger partial charge >= 0.3 is 0 Å². The second kappa shape index (κ2) is 5.86. The summed E-state index contributed by atoms with van der Waals surface area (Å²) in [5.41, 5.74) is 5.45. The van der Waals surface area contributed by atoms with Crippen LogP contribution in [0.25, 0.3) is 22.7 Å². The quantitative estimate of drug-likeness (QED) is 0.541. The molecule has 0 fully saturated rings. The lowest BCUT2D eigenvalue weighted by Crippen LogP contribution is -2.39. The van der Waals surface area contributed by atoms with E-state index in [-0.39, 0.29) is 11.0 Å². The predicted octanol–water partition coefficient (Wildman–Crippen LogP) is 3.47. The van der Waals surface area contributed by atoms with Crippen molar-refractivity contribution in [2.45, 2.75) is 39.0 Å². The van der Waals surface area contributed by atoms with Gasteiger partial charge in [-0.15, -0.1) is 0 Å². The Morgan fingerprint density at radius 2 is 1.86 bits per heavy atom. The minimum absolute atomic E-state index is 0.0417. The molecule has 5 rings (SSSR count). The van der Waals surface area contributed by atoms with Crippen LogP contribution in [0.5, 0.6) is 0 Å². The van der Waals surface area contributed by atoms with E-state index in [0.717, 1.165) is 40.9 Å². The van der Waals surface area contributed by atoms with Gasteiger partial charge in [-0.05, 0) is 47.9 Å². The fourth-order valence-electron chi connectivity index (χ4n) is 4.31. The maximum atomic E-state index is 13.8. The van der Waals surface area contributed by atoms with Crippen molar-refractivity contribution < 1.29 is 0 Å². The topological polar surface area (TPSA) is 65.1 Å². The van der Waals surface area contributed by atoms with Crippen molar-refractivity contribution in [2.24, 2.45) is 0 Å². The molecule has 0 radical (unpaired) electrons. The summed E-state index contributed by atoms with van der Waals surface area (Å²) in [6.45, 7) is 6.33. The van der Waals surface area contributed by atoms with Crippen LogP contribution in [0.3, 0.4) is 0 Å². The molecule has 1 aliphatic carbocycles. The van der Waals surface area contributed by atoms with Gasteiger partial charge in [-0.2, -0.15) is 4.52 Å². The van der Waals surface area contributed by atoms with E-state index in [0.29, 0.717) is 5.78 Å². The minimum Gasteiger partial charge on any atom is -0.268 e. The highest BCUT2D eigenvalue weighted by atomic mass is 16.1. The molecule has 6 nitrogen and oxygen atoms in total. The second-order valence-corrected chi connectivity index (χ2v) is 7.84. The zero-order valence-electron chi connectivity index (χ0n) is 16.2. The molecule has 1 atom stereocenters. The third kappa shape index (κ3) is 2.21. The first-order valence-electron chi connectivity index (χ1n) is 9.56. The molecule has 0 bridgehead atoms. The van der Waals surface area contributed by atoms with Gasteiger partial charge in [0.1, 0.15) is 0 Å². The number of nitrogens with zero attached hydrogens (tertiary/aromatic N) is 5. The zero-order chi connectivity index (χ0) is 19.5. The molecular formula is C22H21N5O. The van der Waals surface area contributed by atoms with Crippen molar-refractivity contribution in [3.63, 3.8) is 0 Å². The van der Waals surface area contributed by atoms with Gasteiger partial charge in [-0.1, -0.05) is 60.9 Å². The van der Waals surface area contributed by atoms with E-state index >= 15 is 0 Å². The van der Waals surface area contributed by atoms with Crippen LogP contribution in [0.2, 0.25) is 0 Å². The van der Waals surface area contributed by atoms with Crippen molar-refractivity contribution in [3.8, 4) is 16.9 Å². The molecule has 0 amide bonds. The van der Waals surface area contributed by atoms with Crippen LogP contribution in [-0.2, 0) is 11.8 Å². The first-order valence-corrected chi connectivity index (χ1v) is 9.56. The smallest absolute Gasteiger partial charge is 0.263 e. The molecule has 0 N–H and O–H groups in total. The Labute approximate surface area is 162 Å². The van der Waals surface area contributed by atoms with Crippen LogP contribution >= 0.6 is 0 Å². The normalized spacial score (nSPS) is 18.1. The Hall–Kier alpha value is -3.28. The summed E-state index contributed by atoms with van der Waals surface area (Å²) in [6.07, 6.45) is 1.68. The maximum absolute atomic E-state index is 13.8. The first kappa shape index (κ1) is 16.9. The van der Waals surface area contributed by atoms with Crippen LogP contribution in [0.4, 0.5) is 0 Å². The van der Waals surface area contributed by atoms with E-state index in [4.69, 9.17) is 0 Å². The maximum Gasteiger partial charge on any atom is 0.263 e. The Morgan fingerprint density at radius 1 is 1.11 bits per heavy atom. The fraction of sp³-hybridized carbons (Fsp3) is 0.273. The summed E-state index contributed by atoms with van der Waals surface area (Å²) < 4.78 is 3.36. The van der Waals surface area contributed by atoms with Crippen LogP contribution in [-0.4, -0.2) is 24.6 Å². The van der Waals surface area contributed by atoms with Crippen LogP contribution in [0, 0.1) is 6.92 Å². The highest BCUT2D eigenvalue weighted by Gasteiger charge is 2.39. The SMILES string of the molecule is CC[C@]1(C)Cc2ccccc2-c2c1c(=O)n(-c1ccc(C)cc1)c1nnnn21. The lowest BCUT2D eigenvalue weighted by molar-refractivity contribution is 0.437. The zero-order valence-corrected chi connectivity index (χ0v) is 16.2. The molecule has 4 aromatic rings. The number of tetrazole rings is 1. The van der Waals surface area contributed by atoms with Gasteiger partial charge in [0.2, 0.25) is 0 Å². The molecule has 140 valence electrons. The molecule has 0 saturated carbocycles. The second-order valence-electron chi connectivity index (χ2n) is 7.84. The van der Waals surface area contributed by atoms with Gasteiger partial charge in [-0.3, -0.25) is 4.79 Å². The summed E-state index contributed by atoms with van der Waals surface area (Å²) >= 11 is 0. The summed E-state index contributed by atoms with van der Waals surface area (Å²) in [4.78, 5) is 13.8. The van der Waals surface area contributed by atoms with E-state index in [2.05, 4.69) is 41.5 Å². The number of rotatable bonds is 2. The van der Waals surface area contributed by atoms with Gasteiger partial charge in [-0.25, -0.2) is 4.57 Å². The number of fused-ring (bicyclic) bond motifs is 5. The molecule has 6 heteroatoms. The number of aryl methyl sites for hydroxylation is 1. The van der Waals surface area contributed by atoms with Gasteiger partial charge in [0.15, 0.2) is 0 Å². The summed E-state index contributed by atoms with van der Waals surface area (Å²) in [5, 5.41) is 12.4. The summed E-state index contributed by atoms with van der Waals surface area (Å²) in [7, 11) is 0. The molecule has 2 heterocycles. The highest BCUT2D eigenvalue weighted by molar-refractivity contribution is 5.73. The van der Waals surface area contributed by atoms with E-state index in [1.54, 1.807) is 9.08 Å². The third-order valence-corrected chi connectivity index (χ3v) is 6.05. The van der Waals surface area contributed by atoms with Crippen LogP contribution in [0.15, 0.2) is 53.3 Å². The van der Waals surface area contributed by atoms with Crippen molar-refractivity contribution in [2.75, 3.05) is 0 Å². The van der Waals surface area contributed by atoms with Crippen molar-refractivity contribution in [3.05, 3.63) is 75.6 Å². The molecular weight excluding hydrogens is 350 g/mol. The summed E-state index contributed by atoms with van der Waals surface area (Å²) in [6, 6.07) is 16.1. The van der Waals surface area contributed by atoms with E-state index in [1.807, 2.05) is 43.3 Å². The molecule has 1 aliphatic rings. The van der Waals surface area contributed by atoms with Crippen LogP contribution < -0.4 is 5.56 Å². The Bertz CT molecular complexity index is 1270. The molecule has 2 aromatic heterocycles. The van der Waals surface area contributed by atoms with Gasteiger partial charge < -0.3 is 0 Å². The molecule has 28 heavy (non-hydrogen) atoms. The van der Waals surface area contributed by atoms with E-state index < -0.39 is 0 Å². The van der Waals surface area contributed by atoms with Crippen molar-refractivity contribution in [1.29, 1.82) is 0 Å². The van der Waals surface area contributed by atoms with Crippen LogP contribution in [0.1, 0.15) is 37.0 Å². The Balaban J connectivity index is 1.96. The number of hydrogen-bond donors (Lipinski definition) is 0. The fourth-order valence-corrected chi connectivity index (χ4v) is 4.31. The van der Waals surface area contributed by atoms with Crippen molar-refractivity contribution in [1.82, 2.24) is 24.6 Å². The van der Waals surface area contributed by atoms with E-state index in [9.17, 15) is 4.79 Å². The minimum atomic E-state index is -0.284. The van der Waals surface area contributed by atoms with Gasteiger partial charge in [0, 0.05) is 11.0 Å². The third-order valence-electron chi connectivity index (χ3n) is 6.05. The molecule has 2 aromatic carbocycles. The monoisotopic (exact) mass is 371 g/mol. The predicted molar refractivity (Wildman–Crippen MR) is 108 cm³/mol. The average molecular weight is 371 g/mol. The summed E-state index contributed by atoms with van der Waals surface area (Å²) in [5.74, 6) is 0.433. The number of aromatic nitrogens is 5. The molecule has 0 aliphatic heterocycles. The lowest BCUT2D eigenvalue weighted by atomic mass is 9.69. The van der Waals surface area contributed by atoms with Crippen molar-refractivity contribution >= 4 is 5.78 Å². The average Bonchev–Trinajstić information content (AvgIpc) is 3.18. The largest absolute Gasteiger partial charge is 0.268 e. The van der Waals surface area contributed by atoms with E-state index in [1.165, 1.54) is 5.56 Å². The van der Waals surface area contributed by atoms with Gasteiger partial charge in [0.25, 0.3) is 11.3 Å². The standard InChI is InChI=1S/C22H21N5O/c1-4-22(3)13-15-7-5-6-8-17(15)19-18(22)20(28)26(21-23-24-25-27(19)21)16-11-9-14(2)10-12-16/h5-12H,4,13H2,1-3H3/t22-/m1/s1. The lowest BCUT2D eigenvalue weighted by Gasteiger charge is -2.35. The highest BCUT2D eigenvalue weighted by Crippen LogP contribution is 2.43. The molecule has 0 saturated heterocycles. The molecule has 0 unspecified atom stereocenters. The Kier molecular flexibility index (Phi) is 3.53. The Morgan fingerprint density at radius 3 is 2.61 bits per heavy atom. The number of hydrogen-bond acceptors (Lipinski definition) is 4. The first-order chi connectivity index (χ1) is 13.5. The molecule has 0 spiro atoms. The van der Waals surface area contributed by atoms with Gasteiger partial charge in [0.05, 0.1) is 16.9 Å².